The first-order valence-electron chi connectivity index (χ1n) is 11.5. The van der Waals surface area contributed by atoms with E-state index in [2.05, 4.69) is 19.2 Å². The van der Waals surface area contributed by atoms with Gasteiger partial charge in [-0.25, -0.2) is 4.79 Å². The average molecular weight is 478 g/mol. The van der Waals surface area contributed by atoms with Crippen molar-refractivity contribution in [1.29, 1.82) is 0 Å². The quantitative estimate of drug-likeness (QED) is 0.484. The van der Waals surface area contributed by atoms with Gasteiger partial charge in [0.15, 0.2) is 0 Å². The number of carbonyl (C=O) groups is 2. The van der Waals surface area contributed by atoms with E-state index in [4.69, 9.17) is 4.74 Å². The standard InChI is InChI=1S/C26H30F3NO4/c1-16(2)18-5-7-19(8-6-18)24(31)30-23(25(32)33)15-17-3-11-21(12-4-17)34-22-13-9-20(10-14-22)26(27,28)29/h3-4,9-14,16,18-19,23H,5-8,15H2,1-2H3,(H,30,31)(H,32,33)/t18?,19?,23-/m0/s1. The highest BCUT2D eigenvalue weighted by Crippen LogP contribution is 2.34. The molecule has 0 unspecified atom stereocenters. The Hall–Kier alpha value is -3.03. The zero-order valence-electron chi connectivity index (χ0n) is 19.3. The van der Waals surface area contributed by atoms with E-state index in [9.17, 15) is 27.9 Å². The maximum atomic E-state index is 12.7. The second-order valence-corrected chi connectivity index (χ2v) is 9.23. The van der Waals surface area contributed by atoms with E-state index in [0.29, 0.717) is 23.1 Å². The molecule has 5 nitrogen and oxygen atoms in total. The Balaban J connectivity index is 1.56. The van der Waals surface area contributed by atoms with E-state index in [-0.39, 0.29) is 24.0 Å². The third-order valence-electron chi connectivity index (χ3n) is 6.48. The van der Waals surface area contributed by atoms with Gasteiger partial charge in [0.05, 0.1) is 5.56 Å². The largest absolute Gasteiger partial charge is 0.480 e. The van der Waals surface area contributed by atoms with Crippen LogP contribution >= 0.6 is 0 Å². The van der Waals surface area contributed by atoms with Gasteiger partial charge >= 0.3 is 12.1 Å². The number of ether oxygens (including phenoxy) is 1. The number of carboxylic acid groups (broad SMARTS) is 1. The lowest BCUT2D eigenvalue weighted by Crippen LogP contribution is -2.45. The summed E-state index contributed by atoms with van der Waals surface area (Å²) in [6.45, 7) is 4.37. The van der Waals surface area contributed by atoms with Gasteiger partial charge in [0.2, 0.25) is 5.91 Å². The summed E-state index contributed by atoms with van der Waals surface area (Å²) < 4.78 is 43.6. The van der Waals surface area contributed by atoms with Crippen LogP contribution in [-0.2, 0) is 22.2 Å². The van der Waals surface area contributed by atoms with Crippen LogP contribution in [0.4, 0.5) is 13.2 Å². The number of rotatable bonds is 8. The Kier molecular flexibility index (Phi) is 8.23. The van der Waals surface area contributed by atoms with Gasteiger partial charge in [0, 0.05) is 12.3 Å². The second-order valence-electron chi connectivity index (χ2n) is 9.23. The minimum Gasteiger partial charge on any atom is -0.480 e. The molecule has 0 bridgehead atoms. The number of hydrogen-bond acceptors (Lipinski definition) is 3. The Morgan fingerprint density at radius 3 is 1.97 bits per heavy atom. The van der Waals surface area contributed by atoms with Gasteiger partial charge in [-0.05, 0) is 79.5 Å². The number of aliphatic carboxylic acids is 1. The Morgan fingerprint density at radius 2 is 1.50 bits per heavy atom. The molecular weight excluding hydrogens is 447 g/mol. The number of amides is 1. The monoisotopic (exact) mass is 477 g/mol. The van der Waals surface area contributed by atoms with Crippen LogP contribution in [0.25, 0.3) is 0 Å². The first-order valence-corrected chi connectivity index (χ1v) is 11.5. The van der Waals surface area contributed by atoms with Crippen LogP contribution in [0, 0.1) is 17.8 Å². The molecule has 2 aromatic carbocycles. The molecule has 34 heavy (non-hydrogen) atoms. The number of nitrogens with one attached hydrogen (secondary N) is 1. The van der Waals surface area contributed by atoms with Gasteiger partial charge < -0.3 is 15.2 Å². The fourth-order valence-corrected chi connectivity index (χ4v) is 4.32. The van der Waals surface area contributed by atoms with Gasteiger partial charge in [0.25, 0.3) is 0 Å². The van der Waals surface area contributed by atoms with Crippen LogP contribution in [0.5, 0.6) is 11.5 Å². The molecule has 0 radical (unpaired) electrons. The first-order chi connectivity index (χ1) is 16.0. The van der Waals surface area contributed by atoms with E-state index < -0.39 is 23.8 Å². The molecule has 1 aliphatic rings. The van der Waals surface area contributed by atoms with Gasteiger partial charge in [-0.1, -0.05) is 26.0 Å². The predicted molar refractivity (Wildman–Crippen MR) is 122 cm³/mol. The third-order valence-corrected chi connectivity index (χ3v) is 6.48. The summed E-state index contributed by atoms with van der Waals surface area (Å²) in [5.41, 5.74) is -0.0686. The maximum absolute atomic E-state index is 12.7. The van der Waals surface area contributed by atoms with Crippen molar-refractivity contribution in [3.63, 3.8) is 0 Å². The van der Waals surface area contributed by atoms with E-state index in [0.717, 1.165) is 37.8 Å². The highest BCUT2D eigenvalue weighted by atomic mass is 19.4. The normalized spacial score (nSPS) is 19.5. The van der Waals surface area contributed by atoms with Crippen molar-refractivity contribution in [1.82, 2.24) is 5.32 Å². The van der Waals surface area contributed by atoms with E-state index in [1.54, 1.807) is 24.3 Å². The van der Waals surface area contributed by atoms with Crippen molar-refractivity contribution in [3.05, 3.63) is 59.7 Å². The van der Waals surface area contributed by atoms with Crippen LogP contribution in [0.3, 0.4) is 0 Å². The van der Waals surface area contributed by atoms with Crippen LogP contribution in [-0.4, -0.2) is 23.0 Å². The minimum absolute atomic E-state index is 0.114. The van der Waals surface area contributed by atoms with Gasteiger partial charge in [-0.15, -0.1) is 0 Å². The maximum Gasteiger partial charge on any atom is 0.416 e. The van der Waals surface area contributed by atoms with Crippen LogP contribution in [0.1, 0.15) is 50.7 Å². The lowest BCUT2D eigenvalue weighted by Gasteiger charge is -2.30. The molecule has 2 aromatic rings. The molecule has 0 saturated heterocycles. The lowest BCUT2D eigenvalue weighted by molar-refractivity contribution is -0.142. The summed E-state index contributed by atoms with van der Waals surface area (Å²) in [5, 5.41) is 12.3. The molecule has 1 atom stereocenters. The highest BCUT2D eigenvalue weighted by Gasteiger charge is 2.31. The van der Waals surface area contributed by atoms with Crippen molar-refractivity contribution in [2.24, 2.45) is 17.8 Å². The zero-order chi connectivity index (χ0) is 24.9. The Morgan fingerprint density at radius 1 is 0.971 bits per heavy atom. The summed E-state index contributed by atoms with van der Waals surface area (Å²) >= 11 is 0. The number of carboxylic acids is 1. The van der Waals surface area contributed by atoms with Gasteiger partial charge in [-0.3, -0.25) is 4.79 Å². The number of benzene rings is 2. The van der Waals surface area contributed by atoms with E-state index in [1.807, 2.05) is 0 Å². The Bertz CT molecular complexity index is 963. The van der Waals surface area contributed by atoms with Crippen LogP contribution in [0.2, 0.25) is 0 Å². The zero-order valence-corrected chi connectivity index (χ0v) is 19.3. The summed E-state index contributed by atoms with van der Waals surface area (Å²) in [6.07, 6.45) is -0.789. The third kappa shape index (κ3) is 6.98. The first kappa shape index (κ1) is 25.6. The summed E-state index contributed by atoms with van der Waals surface area (Å²) in [5.74, 6) is 0.386. The fraction of sp³-hybridized carbons (Fsp3) is 0.462. The van der Waals surface area contributed by atoms with Crippen molar-refractivity contribution in [2.45, 2.75) is 58.2 Å². The summed E-state index contributed by atoms with van der Waals surface area (Å²) in [7, 11) is 0. The molecule has 1 saturated carbocycles. The van der Waals surface area contributed by atoms with E-state index >= 15 is 0 Å². The lowest BCUT2D eigenvalue weighted by atomic mass is 9.76. The fourth-order valence-electron chi connectivity index (χ4n) is 4.32. The molecule has 0 spiro atoms. The molecule has 1 fully saturated rings. The van der Waals surface area contributed by atoms with Crippen LogP contribution in [0.15, 0.2) is 48.5 Å². The summed E-state index contributed by atoms with van der Waals surface area (Å²) in [4.78, 5) is 24.4. The molecular formula is C26H30F3NO4. The van der Waals surface area contributed by atoms with Crippen molar-refractivity contribution < 1.29 is 32.6 Å². The number of halogens is 3. The van der Waals surface area contributed by atoms with Gasteiger partial charge in [-0.2, -0.15) is 13.2 Å². The van der Waals surface area contributed by atoms with Crippen molar-refractivity contribution in [3.8, 4) is 11.5 Å². The molecule has 8 heteroatoms. The molecule has 0 heterocycles. The highest BCUT2D eigenvalue weighted by molar-refractivity contribution is 5.85. The second kappa shape index (κ2) is 10.9. The van der Waals surface area contributed by atoms with Gasteiger partial charge in [0.1, 0.15) is 17.5 Å². The average Bonchev–Trinajstić information content (AvgIpc) is 2.79. The SMILES string of the molecule is CC(C)C1CCC(C(=O)N[C@@H](Cc2ccc(Oc3ccc(C(F)(F)F)cc3)cc2)C(=O)O)CC1. The molecule has 0 aliphatic heterocycles. The molecule has 1 amide bonds. The molecule has 184 valence electrons. The number of alkyl halides is 3. The Labute approximate surface area is 197 Å². The number of hydrogen-bond donors (Lipinski definition) is 2. The van der Waals surface area contributed by atoms with Crippen molar-refractivity contribution >= 4 is 11.9 Å². The topological polar surface area (TPSA) is 75.6 Å². The molecule has 0 aromatic heterocycles. The summed E-state index contributed by atoms with van der Waals surface area (Å²) in [6, 6.07) is 9.89. The molecule has 2 N–H and O–H groups in total. The van der Waals surface area contributed by atoms with Crippen LogP contribution < -0.4 is 10.1 Å². The van der Waals surface area contributed by atoms with E-state index in [1.165, 1.54) is 12.1 Å². The minimum atomic E-state index is -4.41. The predicted octanol–water partition coefficient (Wildman–Crippen LogP) is 6.07. The number of carbonyl (C=O) groups excluding carboxylic acids is 1. The molecule has 3 rings (SSSR count). The molecule has 1 aliphatic carbocycles. The smallest absolute Gasteiger partial charge is 0.416 e. The van der Waals surface area contributed by atoms with Crippen molar-refractivity contribution in [2.75, 3.05) is 0 Å².